The molecule has 2 heterocycles. The molecule has 134 valence electrons. The van der Waals surface area contributed by atoms with Crippen LogP contribution in [0.5, 0.6) is 5.75 Å². The van der Waals surface area contributed by atoms with Crippen molar-refractivity contribution in [3.8, 4) is 17.0 Å². The molecule has 2 amide bonds. The van der Waals surface area contributed by atoms with E-state index in [9.17, 15) is 4.79 Å². The average Bonchev–Trinajstić information content (AvgIpc) is 2.94. The number of nitrogens with zero attached hydrogens (tertiary/aromatic N) is 2. The van der Waals surface area contributed by atoms with Crippen LogP contribution in [-0.2, 0) is 0 Å². The summed E-state index contributed by atoms with van der Waals surface area (Å²) < 4.78 is 5.20. The summed E-state index contributed by atoms with van der Waals surface area (Å²) in [7, 11) is 1.65. The van der Waals surface area contributed by atoms with E-state index in [4.69, 9.17) is 4.74 Å². The first-order valence-corrected chi connectivity index (χ1v) is 9.45. The van der Waals surface area contributed by atoms with Gasteiger partial charge in [-0.2, -0.15) is 0 Å². The Bertz CT molecular complexity index is 732. The first-order chi connectivity index (χ1) is 12.0. The number of likely N-dealkylation sites (tertiary alicyclic amines) is 1. The van der Waals surface area contributed by atoms with Crippen molar-refractivity contribution >= 4 is 22.5 Å². The predicted octanol–water partition coefficient (Wildman–Crippen LogP) is 4.64. The van der Waals surface area contributed by atoms with Crippen LogP contribution in [0.15, 0.2) is 24.3 Å². The Morgan fingerprint density at radius 3 is 2.48 bits per heavy atom. The highest BCUT2D eigenvalue weighted by Gasteiger charge is 2.26. The number of carbonyl (C=O) groups is 1. The third kappa shape index (κ3) is 4.12. The van der Waals surface area contributed by atoms with E-state index >= 15 is 0 Å². The number of carbonyl (C=O) groups excluding carboxylic acids is 1. The maximum atomic E-state index is 12.6. The van der Waals surface area contributed by atoms with Gasteiger partial charge in [-0.1, -0.05) is 13.8 Å². The molecule has 3 rings (SSSR count). The zero-order valence-electron chi connectivity index (χ0n) is 15.2. The monoisotopic (exact) mass is 359 g/mol. The minimum absolute atomic E-state index is 0.0477. The summed E-state index contributed by atoms with van der Waals surface area (Å²) in [5.74, 6) is 1.91. The Labute approximate surface area is 153 Å². The first kappa shape index (κ1) is 17.7. The second kappa shape index (κ2) is 7.44. The molecule has 1 N–H and O–H groups in total. The summed E-state index contributed by atoms with van der Waals surface area (Å²) in [6.45, 7) is 8.05. The molecule has 0 spiro atoms. The molecular weight excluding hydrogens is 334 g/mol. The fourth-order valence-corrected chi connectivity index (χ4v) is 4.29. The van der Waals surface area contributed by atoms with Gasteiger partial charge >= 0.3 is 6.03 Å². The van der Waals surface area contributed by atoms with Crippen molar-refractivity contribution in [3.63, 3.8) is 0 Å². The molecule has 1 aromatic heterocycles. The van der Waals surface area contributed by atoms with Crippen molar-refractivity contribution in [3.05, 3.63) is 29.1 Å². The van der Waals surface area contributed by atoms with E-state index in [2.05, 4.69) is 24.1 Å². The Morgan fingerprint density at radius 1 is 1.24 bits per heavy atom. The van der Waals surface area contributed by atoms with Gasteiger partial charge in [-0.05, 0) is 49.4 Å². The van der Waals surface area contributed by atoms with Crippen LogP contribution in [0.2, 0.25) is 0 Å². The molecule has 1 saturated heterocycles. The predicted molar refractivity (Wildman–Crippen MR) is 102 cm³/mol. The molecule has 1 aliphatic heterocycles. The SMILES string of the molecule is COc1ccc(-c2nc(NC(=O)N3C[C@H](C)C[C@@H](C)C3)sc2C)cc1. The van der Waals surface area contributed by atoms with Gasteiger partial charge in [0.2, 0.25) is 0 Å². The van der Waals surface area contributed by atoms with Crippen molar-refractivity contribution < 1.29 is 9.53 Å². The number of ether oxygens (including phenoxy) is 1. The topological polar surface area (TPSA) is 54.5 Å². The van der Waals surface area contributed by atoms with Crippen molar-refractivity contribution in [2.45, 2.75) is 27.2 Å². The fourth-order valence-electron chi connectivity index (χ4n) is 3.47. The largest absolute Gasteiger partial charge is 0.497 e. The molecule has 6 heteroatoms. The van der Waals surface area contributed by atoms with Crippen LogP contribution >= 0.6 is 11.3 Å². The van der Waals surface area contributed by atoms with Gasteiger partial charge in [0.15, 0.2) is 5.13 Å². The van der Waals surface area contributed by atoms with E-state index in [1.807, 2.05) is 36.1 Å². The first-order valence-electron chi connectivity index (χ1n) is 8.64. The number of aromatic nitrogens is 1. The number of anilines is 1. The summed E-state index contributed by atoms with van der Waals surface area (Å²) in [6, 6.07) is 7.76. The molecule has 1 aromatic carbocycles. The Hall–Kier alpha value is -2.08. The Morgan fingerprint density at radius 2 is 1.88 bits per heavy atom. The van der Waals surface area contributed by atoms with Crippen LogP contribution in [-0.4, -0.2) is 36.1 Å². The molecule has 0 bridgehead atoms. The molecule has 0 aliphatic carbocycles. The molecule has 5 nitrogen and oxygen atoms in total. The van der Waals surface area contributed by atoms with Gasteiger partial charge < -0.3 is 9.64 Å². The minimum Gasteiger partial charge on any atom is -0.497 e. The number of nitrogens with one attached hydrogen (secondary N) is 1. The van der Waals surface area contributed by atoms with Gasteiger partial charge in [0, 0.05) is 23.5 Å². The minimum atomic E-state index is -0.0477. The second-order valence-electron chi connectivity index (χ2n) is 6.93. The van der Waals surface area contributed by atoms with Crippen molar-refractivity contribution in [1.82, 2.24) is 9.88 Å². The highest BCUT2D eigenvalue weighted by molar-refractivity contribution is 7.16. The maximum absolute atomic E-state index is 12.6. The zero-order valence-corrected chi connectivity index (χ0v) is 16.0. The van der Waals surface area contributed by atoms with Crippen LogP contribution in [0.3, 0.4) is 0 Å². The number of amides is 2. The quantitative estimate of drug-likeness (QED) is 0.869. The molecule has 0 radical (unpaired) electrons. The standard InChI is InChI=1S/C19H25N3O2S/c1-12-9-13(2)11-22(10-12)19(23)21-18-20-17(14(3)25-18)15-5-7-16(24-4)8-6-15/h5-8,12-13H,9-11H2,1-4H3,(H,20,21,23)/t12-,13-/m1/s1. The highest BCUT2D eigenvalue weighted by Crippen LogP contribution is 2.31. The summed E-state index contributed by atoms with van der Waals surface area (Å²) in [5, 5.41) is 3.63. The molecule has 2 atom stereocenters. The highest BCUT2D eigenvalue weighted by atomic mass is 32.1. The molecular formula is C19H25N3O2S. The van der Waals surface area contributed by atoms with E-state index in [1.165, 1.54) is 17.8 Å². The van der Waals surface area contributed by atoms with E-state index in [1.54, 1.807) is 7.11 Å². The fraction of sp³-hybridized carbons (Fsp3) is 0.474. The summed E-state index contributed by atoms with van der Waals surface area (Å²) >= 11 is 1.51. The lowest BCUT2D eigenvalue weighted by molar-refractivity contribution is 0.156. The normalized spacial score (nSPS) is 20.4. The number of urea groups is 1. The summed E-state index contributed by atoms with van der Waals surface area (Å²) in [5.41, 5.74) is 1.93. The maximum Gasteiger partial charge on any atom is 0.323 e. The summed E-state index contributed by atoms with van der Waals surface area (Å²) in [4.78, 5) is 20.2. The van der Waals surface area contributed by atoms with Gasteiger partial charge in [0.25, 0.3) is 0 Å². The number of aryl methyl sites for hydroxylation is 1. The van der Waals surface area contributed by atoms with Crippen LogP contribution in [0.4, 0.5) is 9.93 Å². The van der Waals surface area contributed by atoms with Gasteiger partial charge in [0.05, 0.1) is 12.8 Å². The van der Waals surface area contributed by atoms with Gasteiger partial charge in [-0.3, -0.25) is 5.32 Å². The van der Waals surface area contributed by atoms with E-state index in [0.29, 0.717) is 17.0 Å². The smallest absolute Gasteiger partial charge is 0.323 e. The van der Waals surface area contributed by atoms with E-state index in [0.717, 1.165) is 35.0 Å². The van der Waals surface area contributed by atoms with Crippen molar-refractivity contribution in [2.24, 2.45) is 11.8 Å². The van der Waals surface area contributed by atoms with Gasteiger partial charge in [-0.25, -0.2) is 9.78 Å². The van der Waals surface area contributed by atoms with Gasteiger partial charge in [-0.15, -0.1) is 11.3 Å². The number of benzene rings is 1. The lowest BCUT2D eigenvalue weighted by Crippen LogP contribution is -2.44. The number of hydrogen-bond donors (Lipinski definition) is 1. The molecule has 0 saturated carbocycles. The van der Waals surface area contributed by atoms with Crippen LogP contribution in [0.25, 0.3) is 11.3 Å². The van der Waals surface area contributed by atoms with Gasteiger partial charge in [0.1, 0.15) is 5.75 Å². The Kier molecular flexibility index (Phi) is 5.27. The lowest BCUT2D eigenvalue weighted by atomic mass is 9.92. The second-order valence-corrected chi connectivity index (χ2v) is 8.14. The number of hydrogen-bond acceptors (Lipinski definition) is 4. The third-order valence-corrected chi connectivity index (χ3v) is 5.42. The van der Waals surface area contributed by atoms with Crippen LogP contribution in [0.1, 0.15) is 25.1 Å². The van der Waals surface area contributed by atoms with Crippen LogP contribution in [0, 0.1) is 18.8 Å². The third-order valence-electron chi connectivity index (χ3n) is 4.53. The molecule has 25 heavy (non-hydrogen) atoms. The summed E-state index contributed by atoms with van der Waals surface area (Å²) in [6.07, 6.45) is 1.18. The van der Waals surface area contributed by atoms with E-state index in [-0.39, 0.29) is 6.03 Å². The van der Waals surface area contributed by atoms with Crippen LogP contribution < -0.4 is 10.1 Å². The van der Waals surface area contributed by atoms with Crippen molar-refractivity contribution in [1.29, 1.82) is 0 Å². The van der Waals surface area contributed by atoms with Crippen molar-refractivity contribution in [2.75, 3.05) is 25.5 Å². The molecule has 2 aromatic rings. The number of piperidine rings is 1. The average molecular weight is 359 g/mol. The van der Waals surface area contributed by atoms with E-state index < -0.39 is 0 Å². The molecule has 1 aliphatic rings. The number of rotatable bonds is 3. The Balaban J connectivity index is 1.72. The number of thiazole rings is 1. The molecule has 0 unspecified atom stereocenters. The zero-order chi connectivity index (χ0) is 18.0. The lowest BCUT2D eigenvalue weighted by Gasteiger charge is -2.34. The molecule has 1 fully saturated rings. The number of methoxy groups -OCH3 is 1.